The monoisotopic (exact) mass is 287 g/mol. The number of nitrogens with one attached hydrogen (secondary N) is 1. The van der Waals surface area contributed by atoms with Crippen LogP contribution in [0.4, 0.5) is 19.0 Å². The normalized spacial score (nSPS) is 15.4. The number of nitrogens with zero attached hydrogens (tertiary/aromatic N) is 2. The molecule has 1 heterocycles. The minimum Gasteiger partial charge on any atom is -0.359 e. The fourth-order valence-electron chi connectivity index (χ4n) is 2.07. The summed E-state index contributed by atoms with van der Waals surface area (Å²) in [6, 6.07) is 2.62. The van der Waals surface area contributed by atoms with Gasteiger partial charge in [-0.15, -0.1) is 0 Å². The Bertz CT molecular complexity index is 455. The van der Waals surface area contributed by atoms with Crippen LogP contribution in [0.1, 0.15) is 30.4 Å². The van der Waals surface area contributed by atoms with E-state index in [-0.39, 0.29) is 6.54 Å². The van der Waals surface area contributed by atoms with Gasteiger partial charge in [-0.2, -0.15) is 13.2 Å². The van der Waals surface area contributed by atoms with Gasteiger partial charge in [0.05, 0.1) is 6.42 Å². The second-order valence-electron chi connectivity index (χ2n) is 5.43. The number of hydrogen-bond donors (Lipinski definition) is 1. The van der Waals surface area contributed by atoms with Gasteiger partial charge in [0.1, 0.15) is 5.82 Å². The summed E-state index contributed by atoms with van der Waals surface area (Å²) >= 11 is 0. The lowest BCUT2D eigenvalue weighted by Gasteiger charge is -2.21. The molecular formula is C14H20F3N3. The van der Waals surface area contributed by atoms with Gasteiger partial charge in [-0.1, -0.05) is 0 Å². The zero-order valence-electron chi connectivity index (χ0n) is 11.8. The first-order valence-electron chi connectivity index (χ1n) is 6.82. The van der Waals surface area contributed by atoms with E-state index in [2.05, 4.69) is 10.3 Å². The van der Waals surface area contributed by atoms with E-state index in [4.69, 9.17) is 0 Å². The number of alkyl halides is 3. The van der Waals surface area contributed by atoms with Gasteiger partial charge in [-0.25, -0.2) is 4.98 Å². The average Bonchev–Trinajstić information content (AvgIpc) is 3.17. The van der Waals surface area contributed by atoms with Crippen LogP contribution in [0.5, 0.6) is 0 Å². The van der Waals surface area contributed by atoms with Gasteiger partial charge in [-0.05, 0) is 37.0 Å². The maximum atomic E-state index is 12.2. The molecule has 3 nitrogen and oxygen atoms in total. The van der Waals surface area contributed by atoms with E-state index in [9.17, 15) is 13.2 Å². The van der Waals surface area contributed by atoms with Crippen molar-refractivity contribution in [2.45, 2.75) is 44.9 Å². The number of anilines is 1. The average molecular weight is 287 g/mol. The van der Waals surface area contributed by atoms with Crippen molar-refractivity contribution in [1.29, 1.82) is 0 Å². The topological polar surface area (TPSA) is 28.2 Å². The third kappa shape index (κ3) is 4.67. The second kappa shape index (κ2) is 5.99. The molecule has 0 bridgehead atoms. The highest BCUT2D eigenvalue weighted by atomic mass is 19.4. The molecule has 2 rings (SSSR count). The first kappa shape index (κ1) is 15.1. The smallest absolute Gasteiger partial charge is 0.359 e. The SMILES string of the molecule is Cc1cc(CNC2CC2)cnc1N(C)CCC(F)(F)F. The van der Waals surface area contributed by atoms with E-state index < -0.39 is 12.6 Å². The first-order chi connectivity index (χ1) is 9.35. The number of aromatic nitrogens is 1. The predicted octanol–water partition coefficient (Wildman–Crippen LogP) is 3.03. The zero-order chi connectivity index (χ0) is 14.8. The Morgan fingerprint density at radius 3 is 2.65 bits per heavy atom. The van der Waals surface area contributed by atoms with Gasteiger partial charge in [-0.3, -0.25) is 0 Å². The number of hydrogen-bond acceptors (Lipinski definition) is 3. The largest absolute Gasteiger partial charge is 0.390 e. The number of rotatable bonds is 6. The summed E-state index contributed by atoms with van der Waals surface area (Å²) in [5.41, 5.74) is 1.98. The van der Waals surface area contributed by atoms with Crippen LogP contribution >= 0.6 is 0 Å². The Morgan fingerprint density at radius 2 is 2.10 bits per heavy atom. The highest BCUT2D eigenvalue weighted by Gasteiger charge is 2.27. The van der Waals surface area contributed by atoms with E-state index in [1.165, 1.54) is 12.8 Å². The minimum absolute atomic E-state index is 0.0724. The summed E-state index contributed by atoms with van der Waals surface area (Å²) in [7, 11) is 1.64. The van der Waals surface area contributed by atoms with E-state index in [1.807, 2.05) is 13.0 Å². The molecule has 0 unspecified atom stereocenters. The molecule has 0 atom stereocenters. The molecule has 112 valence electrons. The molecule has 1 aromatic rings. The molecule has 20 heavy (non-hydrogen) atoms. The van der Waals surface area contributed by atoms with Crippen LogP contribution in [0.15, 0.2) is 12.3 Å². The summed E-state index contributed by atoms with van der Waals surface area (Å²) < 4.78 is 36.7. The van der Waals surface area contributed by atoms with Crippen LogP contribution in [-0.4, -0.2) is 30.8 Å². The van der Waals surface area contributed by atoms with E-state index >= 15 is 0 Å². The first-order valence-corrected chi connectivity index (χ1v) is 6.82. The van der Waals surface area contributed by atoms with E-state index in [1.54, 1.807) is 18.1 Å². The van der Waals surface area contributed by atoms with Crippen LogP contribution in [0, 0.1) is 6.92 Å². The van der Waals surface area contributed by atoms with Gasteiger partial charge >= 0.3 is 6.18 Å². The van der Waals surface area contributed by atoms with Crippen molar-refractivity contribution in [3.05, 3.63) is 23.4 Å². The molecule has 1 aliphatic carbocycles. The van der Waals surface area contributed by atoms with Gasteiger partial charge < -0.3 is 10.2 Å². The summed E-state index contributed by atoms with van der Waals surface area (Å²) in [5.74, 6) is 0.615. The molecule has 0 radical (unpaired) electrons. The van der Waals surface area contributed by atoms with E-state index in [0.717, 1.165) is 17.7 Å². The van der Waals surface area contributed by atoms with E-state index in [0.29, 0.717) is 11.9 Å². The molecule has 0 spiro atoms. The molecule has 1 aromatic heterocycles. The van der Waals surface area contributed by atoms with Gasteiger partial charge in [0.2, 0.25) is 0 Å². The molecule has 0 aliphatic heterocycles. The van der Waals surface area contributed by atoms with Crippen LogP contribution in [0.2, 0.25) is 0 Å². The molecule has 1 N–H and O–H groups in total. The maximum absolute atomic E-state index is 12.2. The maximum Gasteiger partial charge on any atom is 0.390 e. The van der Waals surface area contributed by atoms with Crippen LogP contribution in [0.25, 0.3) is 0 Å². The van der Waals surface area contributed by atoms with Crippen molar-refractivity contribution in [2.75, 3.05) is 18.5 Å². The van der Waals surface area contributed by atoms with Crippen molar-refractivity contribution in [3.63, 3.8) is 0 Å². The van der Waals surface area contributed by atoms with Crippen molar-refractivity contribution >= 4 is 5.82 Å². The van der Waals surface area contributed by atoms with Gasteiger partial charge in [0, 0.05) is 32.4 Å². The van der Waals surface area contributed by atoms with Crippen LogP contribution < -0.4 is 10.2 Å². The predicted molar refractivity (Wildman–Crippen MR) is 72.8 cm³/mol. The summed E-state index contributed by atoms with van der Waals surface area (Å²) in [6.45, 7) is 2.58. The van der Waals surface area contributed by atoms with Crippen molar-refractivity contribution in [3.8, 4) is 0 Å². The number of halogens is 3. The molecule has 0 saturated heterocycles. The minimum atomic E-state index is -4.13. The quantitative estimate of drug-likeness (QED) is 0.871. The number of aryl methyl sites for hydroxylation is 1. The lowest BCUT2D eigenvalue weighted by Crippen LogP contribution is -2.25. The Balaban J connectivity index is 1.93. The Kier molecular flexibility index (Phi) is 4.52. The molecular weight excluding hydrogens is 267 g/mol. The molecule has 1 aliphatic rings. The van der Waals surface area contributed by atoms with Crippen molar-refractivity contribution in [1.82, 2.24) is 10.3 Å². The van der Waals surface area contributed by atoms with Crippen molar-refractivity contribution < 1.29 is 13.2 Å². The van der Waals surface area contributed by atoms with Crippen molar-refractivity contribution in [2.24, 2.45) is 0 Å². The lowest BCUT2D eigenvalue weighted by molar-refractivity contribution is -0.132. The molecule has 1 saturated carbocycles. The highest BCUT2D eigenvalue weighted by Crippen LogP contribution is 2.23. The molecule has 0 amide bonds. The van der Waals surface area contributed by atoms with Crippen LogP contribution in [0.3, 0.4) is 0 Å². The Labute approximate surface area is 117 Å². The molecule has 6 heteroatoms. The summed E-state index contributed by atoms with van der Waals surface area (Å²) in [4.78, 5) is 5.85. The number of pyridine rings is 1. The lowest BCUT2D eigenvalue weighted by atomic mass is 10.2. The highest BCUT2D eigenvalue weighted by molar-refractivity contribution is 5.46. The second-order valence-corrected chi connectivity index (χ2v) is 5.43. The summed E-state index contributed by atoms with van der Waals surface area (Å²) in [5, 5.41) is 3.39. The third-order valence-electron chi connectivity index (χ3n) is 3.37. The Morgan fingerprint density at radius 1 is 1.40 bits per heavy atom. The third-order valence-corrected chi connectivity index (χ3v) is 3.37. The Hall–Kier alpha value is -1.30. The molecule has 1 fully saturated rings. The zero-order valence-corrected chi connectivity index (χ0v) is 11.8. The van der Waals surface area contributed by atoms with Crippen LogP contribution in [-0.2, 0) is 6.54 Å². The standard InChI is InChI=1S/C14H20F3N3/c1-10-7-11(8-18-12-3-4-12)9-19-13(10)20(2)6-5-14(15,16)17/h7,9,12,18H,3-6,8H2,1-2H3. The summed E-state index contributed by atoms with van der Waals surface area (Å²) in [6.07, 6.45) is -0.761. The van der Waals surface area contributed by atoms with Gasteiger partial charge in [0.15, 0.2) is 0 Å². The van der Waals surface area contributed by atoms with Gasteiger partial charge in [0.25, 0.3) is 0 Å². The fourth-order valence-corrected chi connectivity index (χ4v) is 2.07. The molecule has 0 aromatic carbocycles. The fraction of sp³-hybridized carbons (Fsp3) is 0.643.